The molecule has 0 atom stereocenters. The van der Waals surface area contributed by atoms with Gasteiger partial charge in [0.1, 0.15) is 5.56 Å². The summed E-state index contributed by atoms with van der Waals surface area (Å²) >= 11 is 3.33. The zero-order valence-electron chi connectivity index (χ0n) is 11.6. The van der Waals surface area contributed by atoms with Gasteiger partial charge in [-0.1, -0.05) is 40.2 Å². The first-order valence-electron chi connectivity index (χ1n) is 6.56. The lowest BCUT2D eigenvalue weighted by Crippen LogP contribution is -2.07. The minimum atomic E-state index is -0.638. The van der Waals surface area contributed by atoms with Gasteiger partial charge in [0.25, 0.3) is 5.69 Å². The van der Waals surface area contributed by atoms with Crippen molar-refractivity contribution in [2.75, 3.05) is 0 Å². The number of hydrogen-bond donors (Lipinski definition) is 0. The number of carbonyl (C=O) groups excluding carboxylic acids is 1. The van der Waals surface area contributed by atoms with Gasteiger partial charge >= 0.3 is 5.97 Å². The number of para-hydroxylation sites is 1. The van der Waals surface area contributed by atoms with Crippen molar-refractivity contribution < 1.29 is 14.5 Å². The summed E-state index contributed by atoms with van der Waals surface area (Å²) in [6.45, 7) is 0. The molecule has 0 aromatic heterocycles. The van der Waals surface area contributed by atoms with Gasteiger partial charge in [-0.2, -0.15) is 0 Å². The van der Waals surface area contributed by atoms with Crippen LogP contribution in [0.4, 0.5) is 5.69 Å². The Balaban J connectivity index is 1.99. The van der Waals surface area contributed by atoms with Gasteiger partial charge in [0, 0.05) is 10.5 Å². The monoisotopic (exact) mass is 372 g/mol. The summed E-state index contributed by atoms with van der Waals surface area (Å²) in [7, 11) is 0. The van der Waals surface area contributed by atoms with Crippen molar-refractivity contribution in [3.63, 3.8) is 0 Å². The molecule has 7 heteroatoms. The first kappa shape index (κ1) is 15.1. The Hall–Kier alpha value is -2.80. The normalized spacial score (nSPS) is 15.4. The maximum Gasteiger partial charge on any atom is 0.363 e. The molecule has 0 amide bonds. The second-order valence-electron chi connectivity index (χ2n) is 4.66. The molecular formula is C16H9BrN2O4. The van der Waals surface area contributed by atoms with E-state index in [0.717, 1.165) is 10.0 Å². The summed E-state index contributed by atoms with van der Waals surface area (Å²) in [5, 5.41) is 11.1. The van der Waals surface area contributed by atoms with Crippen molar-refractivity contribution in [2.45, 2.75) is 0 Å². The Bertz CT molecular complexity index is 857. The van der Waals surface area contributed by atoms with Crippen LogP contribution < -0.4 is 0 Å². The number of nitro benzene ring substituents is 1. The highest BCUT2D eigenvalue weighted by molar-refractivity contribution is 9.10. The number of aliphatic imine (C=N–C) groups is 1. The van der Waals surface area contributed by atoms with Crippen LogP contribution >= 0.6 is 15.9 Å². The van der Waals surface area contributed by atoms with E-state index in [-0.39, 0.29) is 22.8 Å². The molecule has 0 bridgehead atoms. The van der Waals surface area contributed by atoms with Crippen LogP contribution in [-0.2, 0) is 9.53 Å². The van der Waals surface area contributed by atoms with Crippen LogP contribution in [0.5, 0.6) is 0 Å². The average molecular weight is 373 g/mol. The number of nitro groups is 1. The summed E-state index contributed by atoms with van der Waals surface area (Å²) < 4.78 is 5.99. The van der Waals surface area contributed by atoms with Gasteiger partial charge in [0.05, 0.1) is 4.92 Å². The van der Waals surface area contributed by atoms with Crippen LogP contribution in [-0.4, -0.2) is 16.8 Å². The predicted molar refractivity (Wildman–Crippen MR) is 87.8 cm³/mol. The molecule has 23 heavy (non-hydrogen) atoms. The minimum Gasteiger partial charge on any atom is -0.402 e. The van der Waals surface area contributed by atoms with Crippen LogP contribution in [0.1, 0.15) is 11.1 Å². The van der Waals surface area contributed by atoms with Crippen molar-refractivity contribution in [3.05, 3.63) is 79.9 Å². The van der Waals surface area contributed by atoms with Crippen LogP contribution in [0.3, 0.4) is 0 Å². The maximum atomic E-state index is 11.9. The van der Waals surface area contributed by atoms with Crippen molar-refractivity contribution in [2.24, 2.45) is 4.99 Å². The highest BCUT2D eigenvalue weighted by Gasteiger charge is 2.28. The molecule has 0 N–H and O–H groups in total. The molecule has 0 saturated heterocycles. The number of ether oxygens (including phenoxy) is 1. The lowest BCUT2D eigenvalue weighted by atomic mass is 10.2. The number of benzene rings is 2. The molecule has 3 rings (SSSR count). The number of rotatable bonds is 3. The van der Waals surface area contributed by atoms with E-state index in [1.54, 1.807) is 12.1 Å². The van der Waals surface area contributed by atoms with Gasteiger partial charge in [0.15, 0.2) is 5.70 Å². The summed E-state index contributed by atoms with van der Waals surface area (Å²) in [6, 6.07) is 13.3. The third-order valence-electron chi connectivity index (χ3n) is 3.13. The maximum absolute atomic E-state index is 11.9. The standard InChI is InChI=1S/C16H9BrN2O4/c17-11-7-5-10(6-8-11)9-13-16(20)23-15(18-13)12-3-1-2-4-14(12)19(21)22/h1-9H/b13-9+. The van der Waals surface area contributed by atoms with E-state index < -0.39 is 10.9 Å². The number of cyclic esters (lactones) is 1. The number of esters is 1. The zero-order valence-corrected chi connectivity index (χ0v) is 13.2. The van der Waals surface area contributed by atoms with E-state index in [2.05, 4.69) is 20.9 Å². The quantitative estimate of drug-likeness (QED) is 0.356. The fraction of sp³-hybridized carbons (Fsp3) is 0. The van der Waals surface area contributed by atoms with Crippen LogP contribution in [0, 0.1) is 10.1 Å². The number of hydrogen-bond acceptors (Lipinski definition) is 5. The first-order valence-corrected chi connectivity index (χ1v) is 7.36. The molecule has 0 aliphatic carbocycles. The first-order chi connectivity index (χ1) is 11.0. The lowest BCUT2D eigenvalue weighted by molar-refractivity contribution is -0.385. The molecule has 0 saturated carbocycles. The van der Waals surface area contributed by atoms with Gasteiger partial charge in [-0.3, -0.25) is 10.1 Å². The highest BCUT2D eigenvalue weighted by Crippen LogP contribution is 2.25. The zero-order chi connectivity index (χ0) is 16.4. The second kappa shape index (κ2) is 6.13. The van der Waals surface area contributed by atoms with Gasteiger partial charge in [-0.25, -0.2) is 9.79 Å². The third-order valence-corrected chi connectivity index (χ3v) is 3.65. The average Bonchev–Trinajstić information content (AvgIpc) is 2.90. The van der Waals surface area contributed by atoms with Gasteiger partial charge in [-0.15, -0.1) is 0 Å². The molecule has 114 valence electrons. The number of nitrogens with zero attached hydrogens (tertiary/aromatic N) is 2. The highest BCUT2D eigenvalue weighted by atomic mass is 79.9. The molecular weight excluding hydrogens is 364 g/mol. The Kier molecular flexibility index (Phi) is 4.03. The van der Waals surface area contributed by atoms with Crippen molar-refractivity contribution in [1.82, 2.24) is 0 Å². The fourth-order valence-corrected chi connectivity index (χ4v) is 2.32. The summed E-state index contributed by atoms with van der Waals surface area (Å²) in [5.41, 5.74) is 0.877. The molecule has 0 fully saturated rings. The van der Waals surface area contributed by atoms with E-state index in [4.69, 9.17) is 4.74 Å². The second-order valence-corrected chi connectivity index (χ2v) is 5.58. The molecule has 0 radical (unpaired) electrons. The van der Waals surface area contributed by atoms with E-state index in [1.807, 2.05) is 24.3 Å². The number of carbonyl (C=O) groups is 1. The van der Waals surface area contributed by atoms with Gasteiger partial charge in [-0.05, 0) is 29.8 Å². The molecule has 1 heterocycles. The number of halogens is 1. The van der Waals surface area contributed by atoms with E-state index in [9.17, 15) is 14.9 Å². The topological polar surface area (TPSA) is 81.8 Å². The molecule has 1 aliphatic rings. The SMILES string of the molecule is O=C1OC(c2ccccc2[N+](=O)[O-])=N/C1=C/c1ccc(Br)cc1. The third kappa shape index (κ3) is 3.19. The summed E-state index contributed by atoms with van der Waals surface area (Å²) in [6.07, 6.45) is 1.57. The molecule has 1 aliphatic heterocycles. The largest absolute Gasteiger partial charge is 0.402 e. The molecule has 0 unspecified atom stereocenters. The Morgan fingerprint density at radius 3 is 2.52 bits per heavy atom. The van der Waals surface area contributed by atoms with Crippen LogP contribution in [0.25, 0.3) is 6.08 Å². The molecule has 2 aromatic carbocycles. The Morgan fingerprint density at radius 1 is 1.13 bits per heavy atom. The summed E-state index contributed by atoms with van der Waals surface area (Å²) in [5.74, 6) is -0.702. The Labute approximate surface area is 139 Å². The van der Waals surface area contributed by atoms with Gasteiger partial charge < -0.3 is 4.74 Å². The fourth-order valence-electron chi connectivity index (χ4n) is 2.05. The van der Waals surface area contributed by atoms with Crippen molar-refractivity contribution in [3.8, 4) is 0 Å². The molecule has 0 spiro atoms. The Morgan fingerprint density at radius 2 is 1.83 bits per heavy atom. The van der Waals surface area contributed by atoms with Crippen LogP contribution in [0.15, 0.2) is 63.7 Å². The van der Waals surface area contributed by atoms with E-state index >= 15 is 0 Å². The van der Waals surface area contributed by atoms with E-state index in [0.29, 0.717) is 0 Å². The van der Waals surface area contributed by atoms with Gasteiger partial charge in [0.2, 0.25) is 5.90 Å². The predicted octanol–water partition coefficient (Wildman–Crippen LogP) is 3.70. The van der Waals surface area contributed by atoms with E-state index in [1.165, 1.54) is 18.2 Å². The van der Waals surface area contributed by atoms with Crippen molar-refractivity contribution in [1.29, 1.82) is 0 Å². The van der Waals surface area contributed by atoms with Crippen LogP contribution in [0.2, 0.25) is 0 Å². The summed E-state index contributed by atoms with van der Waals surface area (Å²) in [4.78, 5) is 26.5. The van der Waals surface area contributed by atoms with Crippen molar-refractivity contribution >= 4 is 39.6 Å². The minimum absolute atomic E-state index is 0.0642. The molecule has 2 aromatic rings. The smallest absolute Gasteiger partial charge is 0.363 e. The lowest BCUT2D eigenvalue weighted by Gasteiger charge is -2.00. The molecule has 6 nitrogen and oxygen atoms in total.